The Kier molecular flexibility index (Phi) is 4.49. The molecular weight excluding hydrogens is 311 g/mol. The zero-order valence-electron chi connectivity index (χ0n) is 13.4. The Morgan fingerprint density at radius 3 is 2.83 bits per heavy atom. The van der Waals surface area contributed by atoms with Crippen LogP contribution in [0.2, 0.25) is 0 Å². The topological polar surface area (TPSA) is 85.4 Å². The molecule has 6 heteroatoms. The van der Waals surface area contributed by atoms with Crippen LogP contribution in [0.4, 0.5) is 4.39 Å². The predicted octanol–water partition coefficient (Wildman–Crippen LogP) is 2.23. The zero-order valence-corrected chi connectivity index (χ0v) is 13.4. The summed E-state index contributed by atoms with van der Waals surface area (Å²) < 4.78 is 20.2. The van der Waals surface area contributed by atoms with Crippen molar-refractivity contribution in [2.75, 3.05) is 6.61 Å². The number of halogens is 1. The van der Waals surface area contributed by atoms with Crippen LogP contribution in [0.25, 0.3) is 11.1 Å². The summed E-state index contributed by atoms with van der Waals surface area (Å²) in [6.45, 7) is 1.81. The highest BCUT2D eigenvalue weighted by molar-refractivity contribution is 5.93. The molecule has 0 unspecified atom stereocenters. The number of fused-ring (bicyclic) bond motifs is 1. The van der Waals surface area contributed by atoms with E-state index in [1.54, 1.807) is 6.07 Å². The fourth-order valence-corrected chi connectivity index (χ4v) is 2.90. The van der Waals surface area contributed by atoms with Crippen molar-refractivity contribution in [1.82, 2.24) is 4.98 Å². The maximum Gasteiger partial charge on any atom is 0.267 e. The van der Waals surface area contributed by atoms with E-state index in [-0.39, 0.29) is 30.1 Å². The molecule has 0 aliphatic carbocycles. The van der Waals surface area contributed by atoms with Gasteiger partial charge in [-0.1, -0.05) is 19.1 Å². The van der Waals surface area contributed by atoms with Gasteiger partial charge >= 0.3 is 0 Å². The molecule has 2 heterocycles. The number of ether oxygens (including phenoxy) is 1. The highest BCUT2D eigenvalue weighted by Gasteiger charge is 2.26. The lowest BCUT2D eigenvalue weighted by atomic mass is 9.93. The SMILES string of the molecule is CCc1ccc(-c2cc(C(N)=O)nc3c2CC[C@H](CO)O3)c(F)c1. The van der Waals surface area contributed by atoms with Crippen LogP contribution in [0.3, 0.4) is 0 Å². The molecule has 0 saturated carbocycles. The van der Waals surface area contributed by atoms with Crippen molar-refractivity contribution >= 4 is 5.91 Å². The number of pyridine rings is 1. The van der Waals surface area contributed by atoms with E-state index in [0.717, 1.165) is 17.5 Å². The predicted molar refractivity (Wildman–Crippen MR) is 87.3 cm³/mol. The standard InChI is InChI=1S/C18H19FN2O3/c1-2-10-3-5-12(15(19)7-10)14-8-16(17(20)23)21-18-13(14)6-4-11(9-22)24-18/h3,5,7-8,11,22H,2,4,6,9H2,1H3,(H2,20,23)/t11-/m1/s1. The number of amides is 1. The van der Waals surface area contributed by atoms with Crippen molar-refractivity contribution in [3.05, 3.63) is 46.9 Å². The van der Waals surface area contributed by atoms with Gasteiger partial charge in [0, 0.05) is 11.1 Å². The molecule has 126 valence electrons. The molecule has 2 aromatic rings. The molecule has 0 spiro atoms. The van der Waals surface area contributed by atoms with Crippen molar-refractivity contribution in [3.63, 3.8) is 0 Å². The first kappa shape index (κ1) is 16.4. The fourth-order valence-electron chi connectivity index (χ4n) is 2.90. The molecule has 0 saturated heterocycles. The van der Waals surface area contributed by atoms with Gasteiger partial charge in [0.2, 0.25) is 5.88 Å². The van der Waals surface area contributed by atoms with Crippen molar-refractivity contribution in [1.29, 1.82) is 0 Å². The number of nitrogens with two attached hydrogens (primary N) is 1. The monoisotopic (exact) mass is 330 g/mol. The Hall–Kier alpha value is -2.47. The molecule has 1 aliphatic heterocycles. The average molecular weight is 330 g/mol. The Labute approximate surface area is 139 Å². The van der Waals surface area contributed by atoms with Crippen LogP contribution in [0.15, 0.2) is 24.3 Å². The number of aliphatic hydroxyl groups excluding tert-OH is 1. The van der Waals surface area contributed by atoms with Crippen LogP contribution in [-0.4, -0.2) is 28.7 Å². The number of aryl methyl sites for hydroxylation is 1. The summed E-state index contributed by atoms with van der Waals surface area (Å²) in [5, 5.41) is 9.28. The molecule has 1 aromatic carbocycles. The summed E-state index contributed by atoms with van der Waals surface area (Å²) >= 11 is 0. The van der Waals surface area contributed by atoms with Crippen LogP contribution in [0, 0.1) is 5.82 Å². The van der Waals surface area contributed by atoms with Gasteiger partial charge in [0.05, 0.1) is 6.61 Å². The first-order valence-corrected chi connectivity index (χ1v) is 7.93. The van der Waals surface area contributed by atoms with Gasteiger partial charge < -0.3 is 15.6 Å². The molecule has 5 nitrogen and oxygen atoms in total. The molecule has 24 heavy (non-hydrogen) atoms. The molecule has 3 rings (SSSR count). The molecular formula is C18H19FN2O3. The highest BCUT2D eigenvalue weighted by atomic mass is 19.1. The number of aromatic nitrogens is 1. The summed E-state index contributed by atoms with van der Waals surface area (Å²) in [4.78, 5) is 15.7. The van der Waals surface area contributed by atoms with Gasteiger partial charge in [-0.05, 0) is 42.5 Å². The number of aliphatic hydroxyl groups is 1. The summed E-state index contributed by atoms with van der Waals surface area (Å²) in [6.07, 6.45) is 1.53. The van der Waals surface area contributed by atoms with E-state index in [1.165, 1.54) is 12.1 Å². The van der Waals surface area contributed by atoms with Gasteiger partial charge in [-0.3, -0.25) is 4.79 Å². The van der Waals surface area contributed by atoms with Gasteiger partial charge in [-0.25, -0.2) is 9.37 Å². The number of nitrogens with zero attached hydrogens (tertiary/aromatic N) is 1. The van der Waals surface area contributed by atoms with Gasteiger partial charge in [0.1, 0.15) is 17.6 Å². The highest BCUT2D eigenvalue weighted by Crippen LogP contribution is 2.36. The number of rotatable bonds is 4. The second-order valence-electron chi connectivity index (χ2n) is 5.83. The van der Waals surface area contributed by atoms with Crippen molar-refractivity contribution < 1.29 is 19.0 Å². The first-order chi connectivity index (χ1) is 11.5. The van der Waals surface area contributed by atoms with Crippen molar-refractivity contribution in [3.8, 4) is 17.0 Å². The quantitative estimate of drug-likeness (QED) is 0.900. The Morgan fingerprint density at radius 2 is 2.21 bits per heavy atom. The van der Waals surface area contributed by atoms with E-state index in [4.69, 9.17) is 10.5 Å². The minimum atomic E-state index is -0.709. The molecule has 1 aliphatic rings. The summed E-state index contributed by atoms with van der Waals surface area (Å²) in [5.41, 5.74) is 7.93. The van der Waals surface area contributed by atoms with Crippen LogP contribution in [-0.2, 0) is 12.8 Å². The normalized spacial score (nSPS) is 16.4. The third-order valence-corrected chi connectivity index (χ3v) is 4.27. The number of hydrogen-bond acceptors (Lipinski definition) is 4. The lowest BCUT2D eigenvalue weighted by Gasteiger charge is -2.26. The second-order valence-corrected chi connectivity index (χ2v) is 5.83. The van der Waals surface area contributed by atoms with Crippen molar-refractivity contribution in [2.24, 2.45) is 5.73 Å². The number of primary amides is 1. The molecule has 0 fully saturated rings. The van der Waals surface area contributed by atoms with E-state index in [0.29, 0.717) is 24.0 Å². The van der Waals surface area contributed by atoms with Crippen LogP contribution < -0.4 is 10.5 Å². The first-order valence-electron chi connectivity index (χ1n) is 7.93. The van der Waals surface area contributed by atoms with Crippen LogP contribution in [0.5, 0.6) is 5.88 Å². The number of benzene rings is 1. The summed E-state index contributed by atoms with van der Waals surface area (Å²) in [7, 11) is 0. The molecule has 1 amide bonds. The number of carbonyl (C=O) groups is 1. The third-order valence-electron chi connectivity index (χ3n) is 4.27. The average Bonchev–Trinajstić information content (AvgIpc) is 2.60. The third kappa shape index (κ3) is 2.97. The minimum absolute atomic E-state index is 0.0151. The number of hydrogen-bond donors (Lipinski definition) is 2. The van der Waals surface area contributed by atoms with E-state index in [9.17, 15) is 14.3 Å². The van der Waals surface area contributed by atoms with Crippen LogP contribution in [0.1, 0.15) is 35.0 Å². The van der Waals surface area contributed by atoms with E-state index >= 15 is 0 Å². The molecule has 0 radical (unpaired) electrons. The molecule has 1 aromatic heterocycles. The maximum atomic E-state index is 14.6. The van der Waals surface area contributed by atoms with E-state index in [2.05, 4.69) is 4.98 Å². The van der Waals surface area contributed by atoms with Gasteiger partial charge in [0.15, 0.2) is 0 Å². The second kappa shape index (κ2) is 6.57. The fraction of sp³-hybridized carbons (Fsp3) is 0.333. The van der Waals surface area contributed by atoms with E-state index in [1.807, 2.05) is 13.0 Å². The van der Waals surface area contributed by atoms with Gasteiger partial charge in [-0.15, -0.1) is 0 Å². The lowest BCUT2D eigenvalue weighted by molar-refractivity contribution is 0.0913. The van der Waals surface area contributed by atoms with Crippen molar-refractivity contribution in [2.45, 2.75) is 32.3 Å². The maximum absolute atomic E-state index is 14.6. The molecule has 1 atom stereocenters. The Balaban J connectivity index is 2.16. The largest absolute Gasteiger partial charge is 0.472 e. The van der Waals surface area contributed by atoms with E-state index < -0.39 is 5.91 Å². The Bertz CT molecular complexity index is 792. The Morgan fingerprint density at radius 1 is 1.42 bits per heavy atom. The van der Waals surface area contributed by atoms with Gasteiger partial charge in [0.25, 0.3) is 5.91 Å². The smallest absolute Gasteiger partial charge is 0.267 e. The van der Waals surface area contributed by atoms with Crippen LogP contribution >= 0.6 is 0 Å². The summed E-state index contributed by atoms with van der Waals surface area (Å²) in [6, 6.07) is 6.56. The zero-order chi connectivity index (χ0) is 17.3. The summed E-state index contributed by atoms with van der Waals surface area (Å²) in [5.74, 6) is -0.827. The minimum Gasteiger partial charge on any atom is -0.472 e. The lowest BCUT2D eigenvalue weighted by Crippen LogP contribution is -2.28. The molecule has 0 bridgehead atoms. The number of carbonyl (C=O) groups excluding carboxylic acids is 1. The van der Waals surface area contributed by atoms with Gasteiger partial charge in [-0.2, -0.15) is 0 Å². The molecule has 3 N–H and O–H groups in total.